The van der Waals surface area contributed by atoms with E-state index in [1.54, 1.807) is 7.05 Å². The number of nitrogens with one attached hydrogen (secondary N) is 3. The Morgan fingerprint density at radius 1 is 1.22 bits per heavy atom. The molecule has 1 rings (SSSR count). The van der Waals surface area contributed by atoms with Crippen LogP contribution >= 0.6 is 24.0 Å². The van der Waals surface area contributed by atoms with E-state index in [4.69, 9.17) is 9.47 Å². The Balaban J connectivity index is 0.00000676. The van der Waals surface area contributed by atoms with Gasteiger partial charge >= 0.3 is 6.09 Å². The Kier molecular flexibility index (Phi) is 12.3. The first-order valence-electron chi connectivity index (χ1n) is 9.81. The monoisotopic (exact) mass is 498 g/mol. The maximum absolute atomic E-state index is 12.2. The van der Waals surface area contributed by atoms with E-state index >= 15 is 0 Å². The second-order valence-electron chi connectivity index (χ2n) is 7.89. The van der Waals surface area contributed by atoms with Crippen LogP contribution < -0.4 is 16.0 Å². The molecule has 0 spiro atoms. The van der Waals surface area contributed by atoms with Crippen LogP contribution in [0.3, 0.4) is 0 Å². The number of hydrogen-bond donors (Lipinski definition) is 3. The maximum Gasteiger partial charge on any atom is 0.408 e. The Bertz CT molecular complexity index is 456. The predicted octanol–water partition coefficient (Wildman–Crippen LogP) is 3.42. The first-order valence-corrected chi connectivity index (χ1v) is 9.81. The lowest BCUT2D eigenvalue weighted by Crippen LogP contribution is -2.57. The van der Waals surface area contributed by atoms with E-state index in [1.807, 2.05) is 20.8 Å². The minimum Gasteiger partial charge on any atom is -0.444 e. The number of hydrogen-bond acceptors (Lipinski definition) is 4. The highest BCUT2D eigenvalue weighted by Gasteiger charge is 2.30. The smallest absolute Gasteiger partial charge is 0.408 e. The van der Waals surface area contributed by atoms with Gasteiger partial charge in [-0.05, 0) is 52.9 Å². The van der Waals surface area contributed by atoms with Crippen LogP contribution in [0.25, 0.3) is 0 Å². The predicted molar refractivity (Wildman–Crippen MR) is 121 cm³/mol. The van der Waals surface area contributed by atoms with E-state index < -0.39 is 5.60 Å². The van der Waals surface area contributed by atoms with Crippen molar-refractivity contribution in [3.8, 4) is 0 Å². The van der Waals surface area contributed by atoms with Crippen LogP contribution in [0.5, 0.6) is 0 Å². The molecule has 0 radical (unpaired) electrons. The highest BCUT2D eigenvalue weighted by molar-refractivity contribution is 14.0. The van der Waals surface area contributed by atoms with Gasteiger partial charge in [-0.1, -0.05) is 13.8 Å². The van der Waals surface area contributed by atoms with Gasteiger partial charge in [0.05, 0.1) is 11.6 Å². The summed E-state index contributed by atoms with van der Waals surface area (Å²) < 4.78 is 11.1. The third kappa shape index (κ3) is 10.4. The van der Waals surface area contributed by atoms with Crippen molar-refractivity contribution in [3.63, 3.8) is 0 Å². The molecule has 0 saturated carbocycles. The molecule has 1 fully saturated rings. The van der Waals surface area contributed by atoms with Crippen molar-refractivity contribution in [2.24, 2.45) is 4.99 Å². The van der Waals surface area contributed by atoms with Gasteiger partial charge in [-0.3, -0.25) is 4.99 Å². The third-order valence-corrected chi connectivity index (χ3v) is 4.72. The van der Waals surface area contributed by atoms with Crippen LogP contribution in [0.4, 0.5) is 4.79 Å². The molecular formula is C19H39IN4O3. The molecule has 3 N–H and O–H groups in total. The van der Waals surface area contributed by atoms with Crippen LogP contribution in [-0.4, -0.2) is 56.0 Å². The summed E-state index contributed by atoms with van der Waals surface area (Å²) in [6, 6.07) is 0. The quantitative estimate of drug-likeness (QED) is 0.271. The summed E-state index contributed by atoms with van der Waals surface area (Å²) in [7, 11) is 1.75. The summed E-state index contributed by atoms with van der Waals surface area (Å²) in [4.78, 5) is 16.5. The van der Waals surface area contributed by atoms with Crippen molar-refractivity contribution in [2.45, 2.75) is 84.0 Å². The van der Waals surface area contributed by atoms with Gasteiger partial charge in [0.1, 0.15) is 5.60 Å². The molecule has 1 saturated heterocycles. The Morgan fingerprint density at radius 3 is 2.37 bits per heavy atom. The number of ether oxygens (including phenoxy) is 2. The van der Waals surface area contributed by atoms with Gasteiger partial charge in [0.15, 0.2) is 5.96 Å². The highest BCUT2D eigenvalue weighted by Crippen LogP contribution is 2.16. The second-order valence-corrected chi connectivity index (χ2v) is 7.89. The molecule has 0 aromatic carbocycles. The number of carbonyl (C=O) groups excluding carboxylic acids is 1. The molecule has 27 heavy (non-hydrogen) atoms. The number of rotatable bonds is 8. The van der Waals surface area contributed by atoms with Crippen molar-refractivity contribution >= 4 is 36.0 Å². The maximum atomic E-state index is 12.2. The molecule has 0 aliphatic carbocycles. The van der Waals surface area contributed by atoms with Crippen molar-refractivity contribution in [3.05, 3.63) is 0 Å². The first-order chi connectivity index (χ1) is 12.2. The van der Waals surface area contributed by atoms with E-state index in [-0.39, 0.29) is 35.6 Å². The van der Waals surface area contributed by atoms with Crippen LogP contribution in [-0.2, 0) is 9.47 Å². The van der Waals surface area contributed by atoms with E-state index in [1.165, 1.54) is 0 Å². The third-order valence-electron chi connectivity index (χ3n) is 4.72. The van der Waals surface area contributed by atoms with Gasteiger partial charge in [0.25, 0.3) is 0 Å². The van der Waals surface area contributed by atoms with Crippen molar-refractivity contribution < 1.29 is 14.3 Å². The number of carbonyl (C=O) groups is 1. The zero-order chi connectivity index (χ0) is 19.6. The fourth-order valence-electron chi connectivity index (χ4n) is 2.94. The number of nitrogens with zero attached hydrogens (tertiary/aromatic N) is 1. The van der Waals surface area contributed by atoms with Gasteiger partial charge in [0, 0.05) is 26.7 Å². The molecule has 1 aliphatic rings. The van der Waals surface area contributed by atoms with Crippen LogP contribution in [0.1, 0.15) is 66.7 Å². The average Bonchev–Trinajstić information content (AvgIpc) is 3.08. The molecule has 160 valence electrons. The SMILES string of the molecule is CCC(CC)(CNC(=NC)NCCC1CCCO1)NC(=O)OC(C)(C)C.I. The molecule has 7 nitrogen and oxygen atoms in total. The molecule has 1 unspecified atom stereocenters. The topological polar surface area (TPSA) is 84.0 Å². The number of halogens is 1. The summed E-state index contributed by atoms with van der Waals surface area (Å²) in [6.45, 7) is 12.0. The standard InChI is InChI=1S/C19H38N4O3.HI/c1-7-19(8-2,23-17(24)26-18(3,4)5)14-22-16(20-6)21-12-11-15-10-9-13-25-15;/h15H,7-14H2,1-6H3,(H,23,24)(H2,20,21,22);1H. The zero-order valence-corrected chi connectivity index (χ0v) is 20.1. The molecule has 1 aliphatic heterocycles. The number of guanidine groups is 1. The summed E-state index contributed by atoms with van der Waals surface area (Å²) in [5.74, 6) is 0.736. The van der Waals surface area contributed by atoms with Crippen LogP contribution in [0.15, 0.2) is 4.99 Å². The van der Waals surface area contributed by atoms with Gasteiger partial charge in [-0.2, -0.15) is 0 Å². The van der Waals surface area contributed by atoms with Crippen molar-refractivity contribution in [1.29, 1.82) is 0 Å². The second kappa shape index (κ2) is 12.6. The molecule has 0 aromatic rings. The van der Waals surface area contributed by atoms with E-state index in [9.17, 15) is 4.79 Å². The summed E-state index contributed by atoms with van der Waals surface area (Å²) in [5, 5.41) is 9.70. The normalized spacial score (nSPS) is 17.9. The largest absolute Gasteiger partial charge is 0.444 e. The molecule has 1 heterocycles. The summed E-state index contributed by atoms with van der Waals surface area (Å²) in [5.41, 5.74) is -0.890. The molecule has 8 heteroatoms. The van der Waals surface area contributed by atoms with E-state index in [0.29, 0.717) is 12.6 Å². The molecule has 1 atom stereocenters. The van der Waals surface area contributed by atoms with Gasteiger partial charge in [0.2, 0.25) is 0 Å². The van der Waals surface area contributed by atoms with E-state index in [0.717, 1.165) is 51.2 Å². The first kappa shape index (κ1) is 26.2. The average molecular weight is 498 g/mol. The highest BCUT2D eigenvalue weighted by atomic mass is 127. The zero-order valence-electron chi connectivity index (χ0n) is 17.8. The van der Waals surface area contributed by atoms with E-state index in [2.05, 4.69) is 34.8 Å². The Hall–Kier alpha value is -0.770. The lowest BCUT2D eigenvalue weighted by atomic mass is 9.93. The van der Waals surface area contributed by atoms with Crippen LogP contribution in [0, 0.1) is 0 Å². The Labute approximate surface area is 181 Å². The molecule has 0 aromatic heterocycles. The number of amides is 1. The minimum atomic E-state index is -0.509. The lowest BCUT2D eigenvalue weighted by molar-refractivity contribution is 0.0448. The van der Waals surface area contributed by atoms with Gasteiger partial charge in [-0.25, -0.2) is 4.79 Å². The number of alkyl carbamates (subject to hydrolysis) is 1. The van der Waals surface area contributed by atoms with Crippen LogP contribution in [0.2, 0.25) is 0 Å². The van der Waals surface area contributed by atoms with Crippen molar-refractivity contribution in [2.75, 3.05) is 26.7 Å². The Morgan fingerprint density at radius 2 is 1.89 bits per heavy atom. The van der Waals surface area contributed by atoms with Gasteiger partial charge in [-0.15, -0.1) is 24.0 Å². The summed E-state index contributed by atoms with van der Waals surface area (Å²) >= 11 is 0. The molecule has 1 amide bonds. The minimum absolute atomic E-state index is 0. The molecular weight excluding hydrogens is 459 g/mol. The number of aliphatic imine (C=N–C) groups is 1. The lowest BCUT2D eigenvalue weighted by Gasteiger charge is -2.34. The summed E-state index contributed by atoms with van der Waals surface area (Å²) in [6.07, 6.45) is 4.84. The fourth-order valence-corrected chi connectivity index (χ4v) is 2.94. The van der Waals surface area contributed by atoms with Gasteiger partial charge < -0.3 is 25.4 Å². The molecule has 0 bridgehead atoms. The van der Waals surface area contributed by atoms with Crippen molar-refractivity contribution in [1.82, 2.24) is 16.0 Å². The fraction of sp³-hybridized carbons (Fsp3) is 0.895.